The summed E-state index contributed by atoms with van der Waals surface area (Å²) in [4.78, 5) is 15.6. The number of rotatable bonds is 3. The molecule has 4 heteroatoms. The van der Waals surface area contributed by atoms with Crippen molar-refractivity contribution in [2.24, 2.45) is 0 Å². The second-order valence-electron chi connectivity index (χ2n) is 4.99. The first-order valence-corrected chi connectivity index (χ1v) is 7.57. The lowest BCUT2D eigenvalue weighted by Gasteiger charge is -2.14. The van der Waals surface area contributed by atoms with Crippen LogP contribution in [0.25, 0.3) is 10.9 Å². The minimum atomic E-state index is -0.0668. The molecule has 1 unspecified atom stereocenters. The number of fused-ring (bicyclic) bond motifs is 1. The van der Waals surface area contributed by atoms with E-state index < -0.39 is 0 Å². The highest BCUT2D eigenvalue weighted by atomic mass is 79.9. The average Bonchev–Trinajstić information content (AvgIpc) is 2.92. The molecule has 2 aromatic carbocycles. The van der Waals surface area contributed by atoms with E-state index in [0.717, 1.165) is 20.9 Å². The Balaban J connectivity index is 1.81. The highest BCUT2D eigenvalue weighted by Gasteiger charge is 2.14. The van der Waals surface area contributed by atoms with Crippen molar-refractivity contribution in [2.45, 2.75) is 13.0 Å². The number of benzene rings is 2. The molecule has 0 fully saturated rings. The SMILES string of the molecule is CC(NC(=O)c1c[nH]c2ccccc12)c1ccc(Br)cc1. The monoisotopic (exact) mass is 342 g/mol. The van der Waals surface area contributed by atoms with E-state index in [1.165, 1.54) is 0 Å². The van der Waals surface area contributed by atoms with E-state index in [9.17, 15) is 4.79 Å². The van der Waals surface area contributed by atoms with E-state index in [-0.39, 0.29) is 11.9 Å². The molecule has 0 radical (unpaired) electrons. The van der Waals surface area contributed by atoms with Crippen LogP contribution in [0, 0.1) is 0 Å². The minimum absolute atomic E-state index is 0.0423. The molecule has 3 rings (SSSR count). The maximum absolute atomic E-state index is 12.4. The molecule has 0 bridgehead atoms. The molecule has 21 heavy (non-hydrogen) atoms. The predicted octanol–water partition coefficient (Wildman–Crippen LogP) is 4.42. The number of aromatic amines is 1. The van der Waals surface area contributed by atoms with Crippen LogP contribution in [-0.4, -0.2) is 10.9 Å². The van der Waals surface area contributed by atoms with Crippen molar-refractivity contribution in [1.29, 1.82) is 0 Å². The van der Waals surface area contributed by atoms with Gasteiger partial charge in [0.1, 0.15) is 0 Å². The average molecular weight is 343 g/mol. The van der Waals surface area contributed by atoms with E-state index in [0.29, 0.717) is 5.56 Å². The van der Waals surface area contributed by atoms with Gasteiger partial charge in [-0.05, 0) is 30.7 Å². The summed E-state index contributed by atoms with van der Waals surface area (Å²) >= 11 is 3.41. The number of hydrogen-bond donors (Lipinski definition) is 2. The number of hydrogen-bond acceptors (Lipinski definition) is 1. The van der Waals surface area contributed by atoms with Gasteiger partial charge in [-0.15, -0.1) is 0 Å². The lowest BCUT2D eigenvalue weighted by molar-refractivity contribution is 0.0941. The van der Waals surface area contributed by atoms with Gasteiger partial charge in [0, 0.05) is 21.6 Å². The topological polar surface area (TPSA) is 44.9 Å². The highest BCUT2D eigenvalue weighted by Crippen LogP contribution is 2.20. The molecule has 0 saturated carbocycles. The largest absolute Gasteiger partial charge is 0.360 e. The van der Waals surface area contributed by atoms with Crippen LogP contribution in [0.5, 0.6) is 0 Å². The molecule has 1 heterocycles. The molecule has 0 saturated heterocycles. The second-order valence-corrected chi connectivity index (χ2v) is 5.91. The number of aromatic nitrogens is 1. The zero-order chi connectivity index (χ0) is 14.8. The third kappa shape index (κ3) is 2.85. The minimum Gasteiger partial charge on any atom is -0.360 e. The van der Waals surface area contributed by atoms with E-state index in [2.05, 4.69) is 26.2 Å². The normalized spacial score (nSPS) is 12.3. The molecule has 0 aliphatic heterocycles. The highest BCUT2D eigenvalue weighted by molar-refractivity contribution is 9.10. The van der Waals surface area contributed by atoms with Gasteiger partial charge in [0.25, 0.3) is 5.91 Å². The molecule has 1 atom stereocenters. The van der Waals surface area contributed by atoms with Crippen molar-refractivity contribution in [3.63, 3.8) is 0 Å². The van der Waals surface area contributed by atoms with Crippen LogP contribution in [-0.2, 0) is 0 Å². The fraction of sp³-hybridized carbons (Fsp3) is 0.118. The number of nitrogens with one attached hydrogen (secondary N) is 2. The van der Waals surface area contributed by atoms with Gasteiger partial charge >= 0.3 is 0 Å². The lowest BCUT2D eigenvalue weighted by Crippen LogP contribution is -2.26. The molecule has 2 N–H and O–H groups in total. The Morgan fingerprint density at radius 2 is 1.86 bits per heavy atom. The standard InChI is InChI=1S/C17H15BrN2O/c1-11(12-6-8-13(18)9-7-12)20-17(21)15-10-19-16-5-3-2-4-14(15)16/h2-11,19H,1H3,(H,20,21). The molecule has 1 amide bonds. The summed E-state index contributed by atoms with van der Waals surface area (Å²) in [6, 6.07) is 15.7. The molecule has 0 aliphatic rings. The third-order valence-corrected chi connectivity index (χ3v) is 4.08. The Morgan fingerprint density at radius 1 is 1.14 bits per heavy atom. The van der Waals surface area contributed by atoms with Crippen LogP contribution < -0.4 is 5.32 Å². The second kappa shape index (κ2) is 5.74. The van der Waals surface area contributed by atoms with Crippen LogP contribution in [0.2, 0.25) is 0 Å². The molecule has 0 spiro atoms. The van der Waals surface area contributed by atoms with E-state index in [1.807, 2.05) is 55.5 Å². The summed E-state index contributed by atoms with van der Waals surface area (Å²) in [5.41, 5.74) is 2.72. The van der Waals surface area contributed by atoms with Gasteiger partial charge in [0.2, 0.25) is 0 Å². The van der Waals surface area contributed by atoms with Crippen LogP contribution in [0.15, 0.2) is 59.2 Å². The molecular weight excluding hydrogens is 328 g/mol. The number of H-pyrrole nitrogens is 1. The maximum atomic E-state index is 12.4. The van der Waals surface area contributed by atoms with Crippen molar-refractivity contribution in [2.75, 3.05) is 0 Å². The van der Waals surface area contributed by atoms with Gasteiger partial charge in [-0.1, -0.05) is 46.3 Å². The summed E-state index contributed by atoms with van der Waals surface area (Å²) in [7, 11) is 0. The van der Waals surface area contributed by atoms with Gasteiger partial charge in [0.05, 0.1) is 11.6 Å². The van der Waals surface area contributed by atoms with Crippen molar-refractivity contribution >= 4 is 32.7 Å². The lowest BCUT2D eigenvalue weighted by atomic mass is 10.1. The Labute approximate surface area is 131 Å². The van der Waals surface area contributed by atoms with Gasteiger partial charge in [-0.2, -0.15) is 0 Å². The van der Waals surface area contributed by atoms with Crippen LogP contribution in [0.1, 0.15) is 28.9 Å². The Kier molecular flexibility index (Phi) is 3.80. The zero-order valence-corrected chi connectivity index (χ0v) is 13.1. The number of carbonyl (C=O) groups is 1. The fourth-order valence-electron chi connectivity index (χ4n) is 2.37. The predicted molar refractivity (Wildman–Crippen MR) is 88.3 cm³/mol. The summed E-state index contributed by atoms with van der Waals surface area (Å²) in [5.74, 6) is -0.0668. The Hall–Kier alpha value is -2.07. The first-order valence-electron chi connectivity index (χ1n) is 6.77. The summed E-state index contributed by atoms with van der Waals surface area (Å²) in [6.07, 6.45) is 1.76. The van der Waals surface area contributed by atoms with Crippen molar-refractivity contribution in [3.05, 3.63) is 70.3 Å². The quantitative estimate of drug-likeness (QED) is 0.726. The molecule has 106 valence electrons. The van der Waals surface area contributed by atoms with E-state index >= 15 is 0 Å². The smallest absolute Gasteiger partial charge is 0.253 e. The number of carbonyl (C=O) groups excluding carboxylic acids is 1. The Bertz CT molecular complexity index is 777. The number of para-hydroxylation sites is 1. The summed E-state index contributed by atoms with van der Waals surface area (Å²) < 4.78 is 1.03. The van der Waals surface area contributed by atoms with E-state index in [4.69, 9.17) is 0 Å². The summed E-state index contributed by atoms with van der Waals surface area (Å²) in [5, 5.41) is 3.98. The zero-order valence-electron chi connectivity index (χ0n) is 11.6. The van der Waals surface area contributed by atoms with Crippen LogP contribution in [0.3, 0.4) is 0 Å². The van der Waals surface area contributed by atoms with Crippen LogP contribution in [0.4, 0.5) is 0 Å². The van der Waals surface area contributed by atoms with Crippen molar-refractivity contribution in [1.82, 2.24) is 10.3 Å². The molecule has 3 nitrogen and oxygen atoms in total. The molecule has 1 aromatic heterocycles. The Morgan fingerprint density at radius 3 is 2.62 bits per heavy atom. The van der Waals surface area contributed by atoms with Crippen LogP contribution >= 0.6 is 15.9 Å². The van der Waals surface area contributed by atoms with Crippen molar-refractivity contribution in [3.8, 4) is 0 Å². The third-order valence-electron chi connectivity index (χ3n) is 3.55. The van der Waals surface area contributed by atoms with Crippen molar-refractivity contribution < 1.29 is 4.79 Å². The number of halogens is 1. The fourth-order valence-corrected chi connectivity index (χ4v) is 2.63. The van der Waals surface area contributed by atoms with Gasteiger partial charge in [0.15, 0.2) is 0 Å². The van der Waals surface area contributed by atoms with E-state index in [1.54, 1.807) is 6.20 Å². The molecule has 0 aliphatic carbocycles. The molecular formula is C17H15BrN2O. The molecule has 3 aromatic rings. The number of amides is 1. The first-order chi connectivity index (χ1) is 10.1. The van der Waals surface area contributed by atoms with Gasteiger partial charge < -0.3 is 10.3 Å². The maximum Gasteiger partial charge on any atom is 0.253 e. The first kappa shape index (κ1) is 13.9. The summed E-state index contributed by atoms with van der Waals surface area (Å²) in [6.45, 7) is 1.98. The van der Waals surface area contributed by atoms with Gasteiger partial charge in [-0.25, -0.2) is 0 Å². The van der Waals surface area contributed by atoms with Gasteiger partial charge in [-0.3, -0.25) is 4.79 Å².